The van der Waals surface area contributed by atoms with Crippen LogP contribution in [-0.2, 0) is 11.3 Å². The summed E-state index contributed by atoms with van der Waals surface area (Å²) in [5.41, 5.74) is 4.82. The van der Waals surface area contributed by atoms with Crippen molar-refractivity contribution in [1.29, 1.82) is 0 Å². The first kappa shape index (κ1) is 16.1. The number of aryl methyl sites for hydroxylation is 1. The largest absolute Gasteiger partial charge is 0.325 e. The number of carbonyl (C=O) groups is 1. The summed E-state index contributed by atoms with van der Waals surface area (Å²) in [5, 5.41) is 2.95. The number of nitrogens with one attached hydrogen (secondary N) is 1. The Kier molecular flexibility index (Phi) is 4.23. The molecule has 0 saturated carbocycles. The van der Waals surface area contributed by atoms with Gasteiger partial charge in [-0.3, -0.25) is 4.79 Å². The van der Waals surface area contributed by atoms with E-state index in [1.165, 1.54) is 5.56 Å². The minimum Gasteiger partial charge on any atom is -0.325 e. The third kappa shape index (κ3) is 3.22. The Morgan fingerprint density at radius 3 is 2.38 bits per heavy atom. The van der Waals surface area contributed by atoms with Gasteiger partial charge in [-0.05, 0) is 31.2 Å². The summed E-state index contributed by atoms with van der Waals surface area (Å²) in [4.78, 5) is 17.4. The second kappa shape index (κ2) is 6.84. The van der Waals surface area contributed by atoms with Crippen LogP contribution >= 0.6 is 0 Å². The number of hydrogen-bond acceptors (Lipinski definition) is 2. The van der Waals surface area contributed by atoms with E-state index < -0.39 is 0 Å². The van der Waals surface area contributed by atoms with Crippen molar-refractivity contribution in [3.63, 3.8) is 0 Å². The van der Waals surface area contributed by atoms with E-state index in [-0.39, 0.29) is 12.5 Å². The van der Waals surface area contributed by atoms with Crippen molar-refractivity contribution in [1.82, 2.24) is 9.55 Å². The Bertz CT molecular complexity index is 1050. The SMILES string of the molecule is Cc1ccc(-c2nc3ccccc3n2CC(=O)Nc2ccccc2)cc1. The molecule has 0 saturated heterocycles. The van der Waals surface area contributed by atoms with Crippen LogP contribution in [0.4, 0.5) is 5.69 Å². The van der Waals surface area contributed by atoms with Crippen molar-refractivity contribution in [2.45, 2.75) is 13.5 Å². The van der Waals surface area contributed by atoms with Gasteiger partial charge in [0.2, 0.25) is 5.91 Å². The second-order valence-electron chi connectivity index (χ2n) is 6.29. The lowest BCUT2D eigenvalue weighted by atomic mass is 10.1. The fraction of sp³-hybridized carbons (Fsp3) is 0.0909. The highest BCUT2D eigenvalue weighted by molar-refractivity contribution is 5.92. The van der Waals surface area contributed by atoms with E-state index in [9.17, 15) is 4.79 Å². The van der Waals surface area contributed by atoms with Gasteiger partial charge in [0, 0.05) is 11.3 Å². The molecule has 1 heterocycles. The highest BCUT2D eigenvalue weighted by Gasteiger charge is 2.15. The molecule has 4 nitrogen and oxygen atoms in total. The van der Waals surface area contributed by atoms with Gasteiger partial charge in [-0.2, -0.15) is 0 Å². The molecular weight excluding hydrogens is 322 g/mol. The maximum Gasteiger partial charge on any atom is 0.244 e. The van der Waals surface area contributed by atoms with Crippen molar-refractivity contribution >= 4 is 22.6 Å². The molecule has 0 aliphatic carbocycles. The summed E-state index contributed by atoms with van der Waals surface area (Å²) in [6, 6.07) is 25.6. The number of hydrogen-bond donors (Lipinski definition) is 1. The molecule has 4 heteroatoms. The number of rotatable bonds is 4. The second-order valence-corrected chi connectivity index (χ2v) is 6.29. The Morgan fingerprint density at radius 1 is 0.923 bits per heavy atom. The zero-order valence-electron chi connectivity index (χ0n) is 14.5. The third-order valence-corrected chi connectivity index (χ3v) is 4.32. The fourth-order valence-electron chi connectivity index (χ4n) is 3.02. The van der Waals surface area contributed by atoms with Crippen LogP contribution in [-0.4, -0.2) is 15.5 Å². The Balaban J connectivity index is 1.72. The van der Waals surface area contributed by atoms with Gasteiger partial charge in [0.05, 0.1) is 11.0 Å². The number of aromatic nitrogens is 2. The van der Waals surface area contributed by atoms with E-state index in [1.807, 2.05) is 71.3 Å². The number of carbonyl (C=O) groups excluding carboxylic acids is 1. The summed E-state index contributed by atoms with van der Waals surface area (Å²) < 4.78 is 1.97. The Morgan fingerprint density at radius 2 is 1.62 bits per heavy atom. The minimum atomic E-state index is -0.0762. The molecule has 0 aliphatic heterocycles. The molecule has 0 fully saturated rings. The van der Waals surface area contributed by atoms with E-state index in [2.05, 4.69) is 24.4 Å². The lowest BCUT2D eigenvalue weighted by Gasteiger charge is -2.10. The number of para-hydroxylation sites is 3. The van der Waals surface area contributed by atoms with E-state index in [1.54, 1.807) is 0 Å². The quantitative estimate of drug-likeness (QED) is 0.587. The summed E-state index contributed by atoms with van der Waals surface area (Å²) in [7, 11) is 0. The predicted molar refractivity (Wildman–Crippen MR) is 105 cm³/mol. The Hall–Kier alpha value is -3.40. The molecule has 4 rings (SSSR count). The minimum absolute atomic E-state index is 0.0762. The third-order valence-electron chi connectivity index (χ3n) is 4.32. The van der Waals surface area contributed by atoms with Crippen LogP contribution < -0.4 is 5.32 Å². The van der Waals surface area contributed by atoms with Crippen molar-refractivity contribution in [2.24, 2.45) is 0 Å². The average molecular weight is 341 g/mol. The first-order valence-electron chi connectivity index (χ1n) is 8.58. The van der Waals surface area contributed by atoms with Crippen LogP contribution in [0.3, 0.4) is 0 Å². The maximum absolute atomic E-state index is 12.6. The number of fused-ring (bicyclic) bond motifs is 1. The first-order chi connectivity index (χ1) is 12.7. The van der Waals surface area contributed by atoms with Crippen LogP contribution in [0.25, 0.3) is 22.4 Å². The van der Waals surface area contributed by atoms with E-state index in [0.29, 0.717) is 0 Å². The monoisotopic (exact) mass is 341 g/mol. The molecule has 0 atom stereocenters. The predicted octanol–water partition coefficient (Wildman–Crippen LogP) is 4.65. The molecule has 0 bridgehead atoms. The molecule has 26 heavy (non-hydrogen) atoms. The summed E-state index contributed by atoms with van der Waals surface area (Å²) in [6.45, 7) is 2.26. The molecule has 4 aromatic rings. The zero-order valence-corrected chi connectivity index (χ0v) is 14.5. The zero-order chi connectivity index (χ0) is 17.9. The summed E-state index contributed by atoms with van der Waals surface area (Å²) >= 11 is 0. The lowest BCUT2D eigenvalue weighted by Crippen LogP contribution is -2.19. The lowest BCUT2D eigenvalue weighted by molar-refractivity contribution is -0.116. The van der Waals surface area contributed by atoms with Gasteiger partial charge in [0.1, 0.15) is 12.4 Å². The van der Waals surface area contributed by atoms with Crippen molar-refractivity contribution < 1.29 is 4.79 Å². The van der Waals surface area contributed by atoms with Crippen LogP contribution in [0, 0.1) is 6.92 Å². The van der Waals surface area contributed by atoms with Crippen molar-refractivity contribution in [3.05, 3.63) is 84.4 Å². The first-order valence-corrected chi connectivity index (χ1v) is 8.58. The molecule has 1 aromatic heterocycles. The number of nitrogens with zero attached hydrogens (tertiary/aromatic N) is 2. The fourth-order valence-corrected chi connectivity index (χ4v) is 3.02. The van der Waals surface area contributed by atoms with Crippen LogP contribution in [0.2, 0.25) is 0 Å². The standard InChI is InChI=1S/C22H19N3O/c1-16-11-13-17(14-12-16)22-24-19-9-5-6-10-20(19)25(22)15-21(26)23-18-7-3-2-4-8-18/h2-14H,15H2,1H3,(H,23,26). The van der Waals surface area contributed by atoms with Crippen LogP contribution in [0.1, 0.15) is 5.56 Å². The smallest absolute Gasteiger partial charge is 0.244 e. The van der Waals surface area contributed by atoms with Gasteiger partial charge >= 0.3 is 0 Å². The number of anilines is 1. The number of amides is 1. The van der Waals surface area contributed by atoms with E-state index in [4.69, 9.17) is 4.98 Å². The van der Waals surface area contributed by atoms with E-state index >= 15 is 0 Å². The van der Waals surface area contributed by atoms with Gasteiger partial charge in [-0.25, -0.2) is 4.98 Å². The summed E-state index contributed by atoms with van der Waals surface area (Å²) in [6.07, 6.45) is 0. The Labute approximate surface area is 152 Å². The topological polar surface area (TPSA) is 46.9 Å². The van der Waals surface area contributed by atoms with Crippen LogP contribution in [0.5, 0.6) is 0 Å². The molecule has 0 radical (unpaired) electrons. The van der Waals surface area contributed by atoms with Crippen molar-refractivity contribution in [3.8, 4) is 11.4 Å². The molecular formula is C22H19N3O. The highest BCUT2D eigenvalue weighted by Crippen LogP contribution is 2.25. The van der Waals surface area contributed by atoms with E-state index in [0.717, 1.165) is 28.1 Å². The summed E-state index contributed by atoms with van der Waals surface area (Å²) in [5.74, 6) is 0.724. The van der Waals surface area contributed by atoms with Gasteiger partial charge in [-0.1, -0.05) is 60.2 Å². The van der Waals surface area contributed by atoms with Gasteiger partial charge in [0.25, 0.3) is 0 Å². The molecule has 0 aliphatic rings. The number of benzene rings is 3. The van der Waals surface area contributed by atoms with Gasteiger partial charge < -0.3 is 9.88 Å². The average Bonchev–Trinajstić information content (AvgIpc) is 3.02. The normalized spacial score (nSPS) is 10.8. The van der Waals surface area contributed by atoms with Crippen molar-refractivity contribution in [2.75, 3.05) is 5.32 Å². The molecule has 0 unspecified atom stereocenters. The number of imidazole rings is 1. The maximum atomic E-state index is 12.6. The molecule has 1 amide bonds. The van der Waals surface area contributed by atoms with Crippen LogP contribution in [0.15, 0.2) is 78.9 Å². The van der Waals surface area contributed by atoms with Gasteiger partial charge in [-0.15, -0.1) is 0 Å². The van der Waals surface area contributed by atoms with Gasteiger partial charge in [0.15, 0.2) is 0 Å². The molecule has 3 aromatic carbocycles. The molecule has 128 valence electrons. The highest BCUT2D eigenvalue weighted by atomic mass is 16.1. The molecule has 0 spiro atoms. The molecule has 1 N–H and O–H groups in total.